The van der Waals surface area contributed by atoms with Gasteiger partial charge in [-0.05, 0) is 57.9 Å². The molecular formula is C17H24BFN2O2. The van der Waals surface area contributed by atoms with Crippen LogP contribution in [-0.2, 0) is 9.31 Å². The minimum atomic E-state index is -0.962. The molecule has 0 spiro atoms. The Kier molecular flexibility index (Phi) is 4.34. The van der Waals surface area contributed by atoms with Gasteiger partial charge in [-0.1, -0.05) is 6.07 Å². The maximum atomic E-state index is 15.4. The number of nitrogens with one attached hydrogen (secondary N) is 1. The highest BCUT2D eigenvalue weighted by atomic mass is 19.1. The third-order valence-electron chi connectivity index (χ3n) is 5.16. The molecule has 1 aromatic rings. The molecule has 0 aliphatic carbocycles. The topological polar surface area (TPSA) is 43.4 Å². The average Bonchev–Trinajstić information content (AvgIpc) is 3.07. The zero-order valence-electron chi connectivity index (χ0n) is 14.2. The van der Waals surface area contributed by atoms with E-state index in [0.29, 0.717) is 5.57 Å². The van der Waals surface area contributed by atoms with Gasteiger partial charge in [-0.3, -0.25) is 4.98 Å². The highest BCUT2D eigenvalue weighted by molar-refractivity contribution is 6.55. The van der Waals surface area contributed by atoms with E-state index in [1.54, 1.807) is 12.4 Å². The van der Waals surface area contributed by atoms with Gasteiger partial charge in [0.15, 0.2) is 0 Å². The van der Waals surface area contributed by atoms with Gasteiger partial charge in [0.2, 0.25) is 0 Å². The summed E-state index contributed by atoms with van der Waals surface area (Å²) in [5, 5.41) is 3.30. The summed E-state index contributed by atoms with van der Waals surface area (Å²) >= 11 is 0. The maximum Gasteiger partial charge on any atom is 0.525 e. The number of hydrogen-bond acceptors (Lipinski definition) is 4. The van der Waals surface area contributed by atoms with Crippen LogP contribution in [0.4, 0.5) is 4.39 Å². The van der Waals surface area contributed by atoms with E-state index in [0.717, 1.165) is 25.1 Å². The summed E-state index contributed by atoms with van der Waals surface area (Å²) < 4.78 is 27.2. The molecule has 2 saturated heterocycles. The average molecular weight is 318 g/mol. The van der Waals surface area contributed by atoms with Gasteiger partial charge in [0.05, 0.1) is 11.2 Å². The fourth-order valence-electron chi connectivity index (χ4n) is 3.07. The first-order valence-electron chi connectivity index (χ1n) is 8.18. The zero-order valence-corrected chi connectivity index (χ0v) is 14.2. The smallest absolute Gasteiger partial charge is 0.398 e. The van der Waals surface area contributed by atoms with Gasteiger partial charge in [0.1, 0.15) is 5.73 Å². The van der Waals surface area contributed by atoms with Crippen molar-refractivity contribution in [2.75, 3.05) is 13.1 Å². The Morgan fingerprint density at radius 2 is 2.00 bits per heavy atom. The highest BCUT2D eigenvalue weighted by Crippen LogP contribution is 2.41. The van der Waals surface area contributed by atoms with Crippen LogP contribution in [0.1, 0.15) is 39.7 Å². The summed E-state index contributed by atoms with van der Waals surface area (Å²) in [6.45, 7) is 9.38. The van der Waals surface area contributed by atoms with Crippen molar-refractivity contribution in [1.29, 1.82) is 0 Å². The predicted molar refractivity (Wildman–Crippen MR) is 89.3 cm³/mol. The van der Waals surface area contributed by atoms with Crippen molar-refractivity contribution < 1.29 is 13.7 Å². The molecular weight excluding hydrogens is 294 g/mol. The second-order valence-corrected chi connectivity index (χ2v) is 7.28. The lowest BCUT2D eigenvalue weighted by molar-refractivity contribution is 0.00578. The molecule has 0 aromatic carbocycles. The van der Waals surface area contributed by atoms with Crippen LogP contribution in [0.15, 0.2) is 30.3 Å². The van der Waals surface area contributed by atoms with Crippen molar-refractivity contribution >= 4 is 12.7 Å². The molecule has 2 aliphatic rings. The predicted octanol–water partition coefficient (Wildman–Crippen LogP) is 3.00. The van der Waals surface area contributed by atoms with E-state index >= 15 is 4.39 Å². The summed E-state index contributed by atoms with van der Waals surface area (Å²) in [5.41, 5.74) is 0.0201. The van der Waals surface area contributed by atoms with Gasteiger partial charge in [-0.2, -0.15) is 0 Å². The second kappa shape index (κ2) is 6.00. The largest absolute Gasteiger partial charge is 0.525 e. The molecule has 0 radical (unpaired) electrons. The summed E-state index contributed by atoms with van der Waals surface area (Å²) in [6.07, 6.45) is 4.30. The van der Waals surface area contributed by atoms with Crippen molar-refractivity contribution in [1.82, 2.24) is 10.3 Å². The highest BCUT2D eigenvalue weighted by Gasteiger charge is 2.54. The molecule has 0 bridgehead atoms. The number of aromatic nitrogens is 1. The molecule has 1 N–H and O–H groups in total. The third-order valence-corrected chi connectivity index (χ3v) is 5.16. The van der Waals surface area contributed by atoms with Crippen LogP contribution in [-0.4, -0.2) is 36.4 Å². The quantitative estimate of drug-likeness (QED) is 0.870. The molecule has 2 aliphatic heterocycles. The molecule has 6 heteroatoms. The molecule has 3 rings (SSSR count). The summed E-state index contributed by atoms with van der Waals surface area (Å²) in [6, 6.07) is 3.72. The summed E-state index contributed by atoms with van der Waals surface area (Å²) in [5.74, 6) is 0.109. The number of hydrogen-bond donors (Lipinski definition) is 1. The Hall–Kier alpha value is -1.24. The van der Waals surface area contributed by atoms with Gasteiger partial charge >= 0.3 is 7.12 Å². The van der Waals surface area contributed by atoms with Crippen molar-refractivity contribution in [3.8, 4) is 0 Å². The van der Waals surface area contributed by atoms with Gasteiger partial charge in [-0.25, -0.2) is 4.39 Å². The normalized spacial score (nSPS) is 27.2. The van der Waals surface area contributed by atoms with E-state index in [1.165, 1.54) is 0 Å². The van der Waals surface area contributed by atoms with Crippen LogP contribution < -0.4 is 5.32 Å². The van der Waals surface area contributed by atoms with E-state index in [9.17, 15) is 0 Å². The van der Waals surface area contributed by atoms with Crippen LogP contribution >= 0.6 is 0 Å². The molecule has 1 atom stereocenters. The van der Waals surface area contributed by atoms with E-state index in [1.807, 2.05) is 39.8 Å². The van der Waals surface area contributed by atoms with Gasteiger partial charge in [-0.15, -0.1) is 0 Å². The number of halogens is 1. The Balaban J connectivity index is 1.99. The third kappa shape index (κ3) is 3.07. The molecule has 124 valence electrons. The van der Waals surface area contributed by atoms with Crippen LogP contribution in [0.5, 0.6) is 0 Å². The van der Waals surface area contributed by atoms with E-state index in [-0.39, 0.29) is 11.6 Å². The van der Waals surface area contributed by atoms with E-state index in [2.05, 4.69) is 10.3 Å². The molecule has 1 unspecified atom stereocenters. The Morgan fingerprint density at radius 3 is 2.52 bits per heavy atom. The molecule has 0 amide bonds. The SMILES string of the molecule is CC1(C)OB(C(F)=C(c2cccnc2)C2CCNC2)OC1(C)C. The number of pyridine rings is 1. The van der Waals surface area contributed by atoms with Crippen molar-refractivity contribution in [2.45, 2.75) is 45.3 Å². The first-order chi connectivity index (χ1) is 10.8. The minimum Gasteiger partial charge on any atom is -0.398 e. The van der Waals surface area contributed by atoms with Gasteiger partial charge in [0.25, 0.3) is 0 Å². The fraction of sp³-hybridized carbons (Fsp3) is 0.588. The molecule has 3 heterocycles. The molecule has 4 nitrogen and oxygen atoms in total. The standard InChI is InChI=1S/C17H24BFN2O2/c1-16(2)17(3,4)23-18(22-16)15(19)14(13-7-9-21-11-13)12-6-5-8-20-10-12/h5-6,8,10,13,21H,7,9,11H2,1-4H3. The minimum absolute atomic E-state index is 0.109. The van der Waals surface area contributed by atoms with Crippen LogP contribution in [0, 0.1) is 5.92 Å². The number of nitrogens with zero attached hydrogens (tertiary/aromatic N) is 1. The lowest BCUT2D eigenvalue weighted by Crippen LogP contribution is -2.41. The van der Waals surface area contributed by atoms with Crippen molar-refractivity contribution in [3.05, 3.63) is 35.8 Å². The first-order valence-corrected chi connectivity index (χ1v) is 8.18. The van der Waals surface area contributed by atoms with E-state index < -0.39 is 18.3 Å². The van der Waals surface area contributed by atoms with Gasteiger partial charge < -0.3 is 14.6 Å². The lowest BCUT2D eigenvalue weighted by atomic mass is 9.78. The first kappa shape index (κ1) is 16.6. The van der Waals surface area contributed by atoms with Crippen LogP contribution in [0.3, 0.4) is 0 Å². The van der Waals surface area contributed by atoms with Crippen molar-refractivity contribution in [2.24, 2.45) is 5.92 Å². The molecule has 0 saturated carbocycles. The Bertz CT molecular complexity index is 582. The van der Waals surface area contributed by atoms with E-state index in [4.69, 9.17) is 9.31 Å². The molecule has 1 aromatic heterocycles. The fourth-order valence-corrected chi connectivity index (χ4v) is 3.07. The summed E-state index contributed by atoms with van der Waals surface area (Å²) in [4.78, 5) is 4.14. The zero-order chi connectivity index (χ0) is 16.7. The molecule has 23 heavy (non-hydrogen) atoms. The van der Waals surface area contributed by atoms with Crippen LogP contribution in [0.25, 0.3) is 5.57 Å². The van der Waals surface area contributed by atoms with Crippen LogP contribution in [0.2, 0.25) is 0 Å². The van der Waals surface area contributed by atoms with Gasteiger partial charge in [0, 0.05) is 24.9 Å². The molecule has 2 fully saturated rings. The van der Waals surface area contributed by atoms with Crippen molar-refractivity contribution in [3.63, 3.8) is 0 Å². The second-order valence-electron chi connectivity index (χ2n) is 7.28. The summed E-state index contributed by atoms with van der Waals surface area (Å²) in [7, 11) is -0.962. The lowest BCUT2D eigenvalue weighted by Gasteiger charge is -2.32. The number of rotatable bonds is 3. The Morgan fingerprint density at radius 1 is 1.30 bits per heavy atom. The Labute approximate surface area is 137 Å². The monoisotopic (exact) mass is 318 g/mol. The maximum absolute atomic E-state index is 15.4.